The number of ether oxygens (including phenoxy) is 1. The van der Waals surface area contributed by atoms with E-state index in [-0.39, 0.29) is 12.4 Å². The molecule has 0 aliphatic heterocycles. The molecule has 0 spiro atoms. The van der Waals surface area contributed by atoms with Gasteiger partial charge in [-0.15, -0.1) is 0 Å². The Hall–Kier alpha value is -1.94. The predicted molar refractivity (Wildman–Crippen MR) is 77.0 cm³/mol. The maximum atomic E-state index is 13.5. The molecule has 2 aromatic rings. The van der Waals surface area contributed by atoms with E-state index in [9.17, 15) is 8.78 Å². The van der Waals surface area contributed by atoms with E-state index in [0.29, 0.717) is 6.04 Å². The number of rotatable bonds is 6. The lowest BCUT2D eigenvalue weighted by Crippen LogP contribution is -2.17. The first-order valence-corrected chi connectivity index (χ1v) is 7.10. The summed E-state index contributed by atoms with van der Waals surface area (Å²) in [4.78, 5) is 0. The van der Waals surface area contributed by atoms with E-state index in [1.54, 1.807) is 0 Å². The van der Waals surface area contributed by atoms with Gasteiger partial charge in [0.1, 0.15) is 12.4 Å². The highest BCUT2D eigenvalue weighted by Gasteiger charge is 2.20. The molecular formula is C17H17F2NO. The zero-order valence-corrected chi connectivity index (χ0v) is 11.6. The molecule has 1 aliphatic carbocycles. The molecule has 4 heteroatoms. The van der Waals surface area contributed by atoms with E-state index in [0.717, 1.165) is 23.7 Å². The lowest BCUT2D eigenvalue weighted by Gasteiger charge is -2.12. The van der Waals surface area contributed by atoms with Crippen LogP contribution in [0, 0.1) is 11.6 Å². The Kier molecular flexibility index (Phi) is 4.15. The maximum Gasteiger partial charge on any atom is 0.167 e. The molecule has 3 rings (SSSR count). The molecule has 1 aliphatic rings. The zero-order valence-electron chi connectivity index (χ0n) is 11.6. The van der Waals surface area contributed by atoms with Crippen LogP contribution in [0.4, 0.5) is 8.78 Å². The summed E-state index contributed by atoms with van der Waals surface area (Å²) in [6.45, 7) is 1.06. The molecule has 2 nitrogen and oxygen atoms in total. The molecule has 1 fully saturated rings. The van der Waals surface area contributed by atoms with Crippen LogP contribution in [0.15, 0.2) is 42.5 Å². The topological polar surface area (TPSA) is 21.3 Å². The summed E-state index contributed by atoms with van der Waals surface area (Å²) in [5.41, 5.74) is 2.15. The Labute approximate surface area is 122 Å². The minimum Gasteiger partial charge on any atom is -0.486 e. The lowest BCUT2D eigenvalue weighted by molar-refractivity contribution is 0.288. The molecule has 0 saturated heterocycles. The van der Waals surface area contributed by atoms with Crippen LogP contribution < -0.4 is 10.1 Å². The van der Waals surface area contributed by atoms with E-state index in [1.165, 1.54) is 25.0 Å². The lowest BCUT2D eigenvalue weighted by atomic mass is 10.1. The maximum absolute atomic E-state index is 13.5. The van der Waals surface area contributed by atoms with Crippen molar-refractivity contribution in [3.05, 3.63) is 65.2 Å². The predicted octanol–water partition coefficient (Wildman–Crippen LogP) is 3.80. The Morgan fingerprint density at radius 1 is 1.05 bits per heavy atom. The van der Waals surface area contributed by atoms with E-state index in [2.05, 4.69) is 5.32 Å². The SMILES string of the molecule is Fc1ccc(OCc2ccccc2CNC2CC2)c(F)c1. The molecule has 21 heavy (non-hydrogen) atoms. The van der Waals surface area contributed by atoms with Gasteiger partial charge in [-0.05, 0) is 36.1 Å². The second-order valence-electron chi connectivity index (χ2n) is 5.29. The van der Waals surface area contributed by atoms with Crippen LogP contribution in [-0.4, -0.2) is 6.04 Å². The van der Waals surface area contributed by atoms with Crippen molar-refractivity contribution in [2.24, 2.45) is 0 Å². The Morgan fingerprint density at radius 3 is 2.52 bits per heavy atom. The van der Waals surface area contributed by atoms with Crippen molar-refractivity contribution in [2.45, 2.75) is 32.0 Å². The first kappa shape index (κ1) is 14.0. The van der Waals surface area contributed by atoms with E-state index in [4.69, 9.17) is 4.74 Å². The number of benzene rings is 2. The van der Waals surface area contributed by atoms with Crippen molar-refractivity contribution in [3.63, 3.8) is 0 Å². The highest BCUT2D eigenvalue weighted by atomic mass is 19.1. The Balaban J connectivity index is 1.66. The fraction of sp³-hybridized carbons (Fsp3) is 0.294. The molecular weight excluding hydrogens is 272 g/mol. The standard InChI is InChI=1S/C17H17F2NO/c18-14-5-8-17(16(19)9-14)21-11-13-4-2-1-3-12(13)10-20-15-6-7-15/h1-5,8-9,15,20H,6-7,10-11H2. The molecule has 0 aromatic heterocycles. The van der Waals surface area contributed by atoms with Gasteiger partial charge in [-0.3, -0.25) is 0 Å². The van der Waals surface area contributed by atoms with E-state index >= 15 is 0 Å². The number of nitrogens with one attached hydrogen (secondary N) is 1. The monoisotopic (exact) mass is 289 g/mol. The van der Waals surface area contributed by atoms with Gasteiger partial charge < -0.3 is 10.1 Å². The zero-order chi connectivity index (χ0) is 14.7. The van der Waals surface area contributed by atoms with Crippen molar-refractivity contribution in [2.75, 3.05) is 0 Å². The van der Waals surface area contributed by atoms with Gasteiger partial charge in [-0.25, -0.2) is 8.78 Å². The van der Waals surface area contributed by atoms with Crippen LogP contribution in [0.25, 0.3) is 0 Å². The minimum absolute atomic E-state index is 0.0707. The Morgan fingerprint density at radius 2 is 1.81 bits per heavy atom. The summed E-state index contributed by atoms with van der Waals surface area (Å²) < 4.78 is 31.9. The molecule has 0 radical (unpaired) electrons. The summed E-state index contributed by atoms with van der Waals surface area (Å²) in [5.74, 6) is -1.21. The molecule has 0 atom stereocenters. The number of hydrogen-bond donors (Lipinski definition) is 1. The smallest absolute Gasteiger partial charge is 0.167 e. The van der Waals surface area contributed by atoms with E-state index < -0.39 is 11.6 Å². The van der Waals surface area contributed by atoms with Gasteiger partial charge >= 0.3 is 0 Å². The van der Waals surface area contributed by atoms with Crippen LogP contribution in [0.2, 0.25) is 0 Å². The van der Waals surface area contributed by atoms with Gasteiger partial charge in [0.2, 0.25) is 0 Å². The summed E-state index contributed by atoms with van der Waals surface area (Å²) in [6.07, 6.45) is 2.47. The third-order valence-corrected chi connectivity index (χ3v) is 3.55. The van der Waals surface area contributed by atoms with Gasteiger partial charge in [0.25, 0.3) is 0 Å². The summed E-state index contributed by atoms with van der Waals surface area (Å²) in [6, 6.07) is 11.9. The molecule has 0 bridgehead atoms. The van der Waals surface area contributed by atoms with Gasteiger partial charge in [-0.1, -0.05) is 24.3 Å². The van der Waals surface area contributed by atoms with E-state index in [1.807, 2.05) is 24.3 Å². The van der Waals surface area contributed by atoms with Crippen molar-refractivity contribution in [1.82, 2.24) is 5.32 Å². The third-order valence-electron chi connectivity index (χ3n) is 3.55. The summed E-state index contributed by atoms with van der Waals surface area (Å²) >= 11 is 0. The normalized spacial score (nSPS) is 14.2. The highest BCUT2D eigenvalue weighted by molar-refractivity contribution is 5.29. The largest absolute Gasteiger partial charge is 0.486 e. The van der Waals surface area contributed by atoms with Crippen LogP contribution in [0.3, 0.4) is 0 Å². The van der Waals surface area contributed by atoms with Crippen LogP contribution in [0.1, 0.15) is 24.0 Å². The molecule has 1 N–H and O–H groups in total. The summed E-state index contributed by atoms with van der Waals surface area (Å²) in [7, 11) is 0. The molecule has 0 amide bonds. The van der Waals surface area contributed by atoms with Gasteiger partial charge in [0.15, 0.2) is 11.6 Å². The second kappa shape index (κ2) is 6.22. The van der Waals surface area contributed by atoms with Crippen LogP contribution in [0.5, 0.6) is 5.75 Å². The van der Waals surface area contributed by atoms with Crippen molar-refractivity contribution in [3.8, 4) is 5.75 Å². The first-order chi connectivity index (χ1) is 10.2. The Bertz CT molecular complexity index is 626. The molecule has 0 unspecified atom stereocenters. The highest BCUT2D eigenvalue weighted by Crippen LogP contribution is 2.22. The average molecular weight is 289 g/mol. The fourth-order valence-electron chi connectivity index (χ4n) is 2.16. The van der Waals surface area contributed by atoms with Gasteiger partial charge in [0, 0.05) is 18.7 Å². The van der Waals surface area contributed by atoms with Crippen molar-refractivity contribution < 1.29 is 13.5 Å². The fourth-order valence-corrected chi connectivity index (χ4v) is 2.16. The van der Waals surface area contributed by atoms with Crippen molar-refractivity contribution in [1.29, 1.82) is 0 Å². The van der Waals surface area contributed by atoms with Crippen LogP contribution >= 0.6 is 0 Å². The minimum atomic E-state index is -0.677. The molecule has 110 valence electrons. The number of hydrogen-bond acceptors (Lipinski definition) is 2. The van der Waals surface area contributed by atoms with Crippen molar-refractivity contribution >= 4 is 0 Å². The third kappa shape index (κ3) is 3.79. The molecule has 2 aromatic carbocycles. The quantitative estimate of drug-likeness (QED) is 0.873. The molecule has 1 saturated carbocycles. The second-order valence-corrected chi connectivity index (χ2v) is 5.29. The number of halogens is 2. The average Bonchev–Trinajstić information content (AvgIpc) is 3.29. The van der Waals surface area contributed by atoms with Gasteiger partial charge in [-0.2, -0.15) is 0 Å². The van der Waals surface area contributed by atoms with Crippen LogP contribution in [-0.2, 0) is 13.2 Å². The van der Waals surface area contributed by atoms with Gasteiger partial charge in [0.05, 0.1) is 0 Å². The first-order valence-electron chi connectivity index (χ1n) is 7.10. The molecule has 0 heterocycles. The summed E-state index contributed by atoms with van der Waals surface area (Å²) in [5, 5.41) is 3.45.